The van der Waals surface area contributed by atoms with Crippen LogP contribution >= 0.6 is 0 Å². The van der Waals surface area contributed by atoms with Gasteiger partial charge in [-0.1, -0.05) is 63.6 Å². The number of oxazole rings is 1. The maximum Gasteiger partial charge on any atom is 0.201 e. The van der Waals surface area contributed by atoms with Crippen molar-refractivity contribution in [2.45, 2.75) is 39.0 Å². The van der Waals surface area contributed by atoms with E-state index in [1.165, 1.54) is 0 Å². The topological polar surface area (TPSA) is 29.3 Å². The van der Waals surface area contributed by atoms with Gasteiger partial charge in [0.15, 0.2) is 5.58 Å². The molecular formula is C25H26N2O. The highest BCUT2D eigenvalue weighted by Crippen LogP contribution is 2.37. The number of hydrogen-bond donors (Lipinski definition) is 0. The van der Waals surface area contributed by atoms with Crippen molar-refractivity contribution < 1.29 is 4.42 Å². The smallest absolute Gasteiger partial charge is 0.201 e. The second kappa shape index (κ2) is 7.51. The molecule has 4 rings (SSSR count). The molecule has 142 valence electrons. The fourth-order valence-corrected chi connectivity index (χ4v) is 3.68. The summed E-state index contributed by atoms with van der Waals surface area (Å²) in [6.45, 7) is 6.59. The summed E-state index contributed by atoms with van der Waals surface area (Å²) >= 11 is 0. The standard InChI is InChI=1S/C25H26N2O/c1-4-17-25(2,3)24-26-22-18-21(15-16-23(22)28-24)27(19-11-7-5-8-12-19)20-13-9-6-10-14-20/h5-16,18H,4,17H2,1-3H3. The molecule has 0 aliphatic heterocycles. The summed E-state index contributed by atoms with van der Waals surface area (Å²) in [6, 6.07) is 27.0. The van der Waals surface area contributed by atoms with Gasteiger partial charge in [0, 0.05) is 22.5 Å². The molecule has 3 nitrogen and oxygen atoms in total. The zero-order valence-corrected chi connectivity index (χ0v) is 16.7. The van der Waals surface area contributed by atoms with Gasteiger partial charge in [-0.15, -0.1) is 0 Å². The average Bonchev–Trinajstić information content (AvgIpc) is 3.14. The van der Waals surface area contributed by atoms with Gasteiger partial charge in [-0.25, -0.2) is 4.98 Å². The highest BCUT2D eigenvalue weighted by molar-refractivity contribution is 5.84. The Morgan fingerprint density at radius 2 is 1.43 bits per heavy atom. The molecule has 4 aromatic rings. The van der Waals surface area contributed by atoms with Crippen molar-refractivity contribution in [2.24, 2.45) is 0 Å². The lowest BCUT2D eigenvalue weighted by atomic mass is 9.88. The molecule has 28 heavy (non-hydrogen) atoms. The van der Waals surface area contributed by atoms with E-state index in [0.29, 0.717) is 0 Å². The molecule has 0 atom stereocenters. The molecule has 3 heteroatoms. The van der Waals surface area contributed by atoms with Crippen molar-refractivity contribution >= 4 is 28.2 Å². The predicted octanol–water partition coefficient (Wildman–Crippen LogP) is 7.38. The first-order valence-corrected chi connectivity index (χ1v) is 9.90. The number of aromatic nitrogens is 1. The third-order valence-electron chi connectivity index (χ3n) is 5.11. The highest BCUT2D eigenvalue weighted by atomic mass is 16.3. The van der Waals surface area contributed by atoms with Crippen molar-refractivity contribution in [2.75, 3.05) is 4.90 Å². The highest BCUT2D eigenvalue weighted by Gasteiger charge is 2.26. The van der Waals surface area contributed by atoms with Gasteiger partial charge >= 0.3 is 0 Å². The normalized spacial score (nSPS) is 11.7. The summed E-state index contributed by atoms with van der Waals surface area (Å²) in [5.41, 5.74) is 4.97. The third-order valence-corrected chi connectivity index (χ3v) is 5.11. The van der Waals surface area contributed by atoms with E-state index in [4.69, 9.17) is 9.40 Å². The molecule has 0 saturated carbocycles. The number of fused-ring (bicyclic) bond motifs is 1. The van der Waals surface area contributed by atoms with Gasteiger partial charge in [0.2, 0.25) is 5.89 Å². The van der Waals surface area contributed by atoms with Gasteiger partial charge in [-0.2, -0.15) is 0 Å². The van der Waals surface area contributed by atoms with Crippen LogP contribution in [0.3, 0.4) is 0 Å². The minimum atomic E-state index is -0.0630. The van der Waals surface area contributed by atoms with Crippen LogP contribution in [0.5, 0.6) is 0 Å². The van der Waals surface area contributed by atoms with Crippen LogP contribution in [0.4, 0.5) is 17.1 Å². The summed E-state index contributed by atoms with van der Waals surface area (Å²) < 4.78 is 6.10. The van der Waals surface area contributed by atoms with E-state index in [-0.39, 0.29) is 5.41 Å². The maximum atomic E-state index is 6.10. The molecule has 0 amide bonds. The van der Waals surface area contributed by atoms with Gasteiger partial charge in [0.25, 0.3) is 0 Å². The van der Waals surface area contributed by atoms with Crippen LogP contribution < -0.4 is 4.90 Å². The number of benzene rings is 3. The molecule has 0 spiro atoms. The van der Waals surface area contributed by atoms with Crippen LogP contribution in [0, 0.1) is 0 Å². The largest absolute Gasteiger partial charge is 0.440 e. The van der Waals surface area contributed by atoms with Crippen LogP contribution in [0.15, 0.2) is 83.3 Å². The number of hydrogen-bond acceptors (Lipinski definition) is 3. The lowest BCUT2D eigenvalue weighted by Crippen LogP contribution is -2.16. The monoisotopic (exact) mass is 370 g/mol. The average molecular weight is 370 g/mol. The van der Waals surface area contributed by atoms with E-state index >= 15 is 0 Å². The fourth-order valence-electron chi connectivity index (χ4n) is 3.68. The van der Waals surface area contributed by atoms with Crippen LogP contribution in [-0.4, -0.2) is 4.98 Å². The second-order valence-electron chi connectivity index (χ2n) is 7.81. The Kier molecular flexibility index (Phi) is 4.91. The molecule has 1 aromatic heterocycles. The SMILES string of the molecule is CCCC(C)(C)c1nc2cc(N(c3ccccc3)c3ccccc3)ccc2o1. The Hall–Kier alpha value is -3.07. The Labute approximate surface area is 166 Å². The Morgan fingerprint density at radius 1 is 0.821 bits per heavy atom. The molecule has 0 fully saturated rings. The van der Waals surface area contributed by atoms with Crippen molar-refractivity contribution in [1.29, 1.82) is 0 Å². The van der Waals surface area contributed by atoms with E-state index in [1.807, 2.05) is 18.2 Å². The predicted molar refractivity (Wildman–Crippen MR) is 117 cm³/mol. The van der Waals surface area contributed by atoms with Crippen LogP contribution in [0.1, 0.15) is 39.5 Å². The minimum Gasteiger partial charge on any atom is -0.440 e. The zero-order valence-electron chi connectivity index (χ0n) is 16.7. The minimum absolute atomic E-state index is 0.0630. The summed E-state index contributed by atoms with van der Waals surface area (Å²) in [5.74, 6) is 0.812. The molecule has 0 bridgehead atoms. The first-order valence-electron chi connectivity index (χ1n) is 9.90. The van der Waals surface area contributed by atoms with Gasteiger partial charge in [-0.05, 0) is 48.9 Å². The summed E-state index contributed by atoms with van der Waals surface area (Å²) in [7, 11) is 0. The molecule has 0 N–H and O–H groups in total. The number of nitrogens with zero attached hydrogens (tertiary/aromatic N) is 2. The molecule has 0 unspecified atom stereocenters. The Bertz CT molecular complexity index is 1010. The molecule has 1 heterocycles. The van der Waals surface area contributed by atoms with Crippen molar-refractivity contribution in [3.8, 4) is 0 Å². The van der Waals surface area contributed by atoms with Crippen LogP contribution in [0.2, 0.25) is 0 Å². The zero-order chi connectivity index (χ0) is 19.6. The van der Waals surface area contributed by atoms with E-state index in [9.17, 15) is 0 Å². The van der Waals surface area contributed by atoms with Crippen LogP contribution in [0.25, 0.3) is 11.1 Å². The molecule has 0 radical (unpaired) electrons. The van der Waals surface area contributed by atoms with Crippen molar-refractivity contribution in [3.63, 3.8) is 0 Å². The molecular weight excluding hydrogens is 344 g/mol. The van der Waals surface area contributed by atoms with Crippen molar-refractivity contribution in [1.82, 2.24) is 4.98 Å². The van der Waals surface area contributed by atoms with E-state index < -0.39 is 0 Å². The second-order valence-corrected chi connectivity index (χ2v) is 7.81. The van der Waals surface area contributed by atoms with Gasteiger partial charge in [-0.3, -0.25) is 0 Å². The third kappa shape index (κ3) is 3.53. The van der Waals surface area contributed by atoms with Crippen molar-refractivity contribution in [3.05, 3.63) is 84.8 Å². The van der Waals surface area contributed by atoms with E-state index in [0.717, 1.165) is 46.9 Å². The quantitative estimate of drug-likeness (QED) is 0.355. The van der Waals surface area contributed by atoms with Gasteiger partial charge in [0.1, 0.15) is 5.52 Å². The lowest BCUT2D eigenvalue weighted by molar-refractivity contribution is 0.359. The Balaban J connectivity index is 1.81. The summed E-state index contributed by atoms with van der Waals surface area (Å²) in [4.78, 5) is 7.08. The molecule has 0 saturated heterocycles. The maximum absolute atomic E-state index is 6.10. The number of para-hydroxylation sites is 2. The lowest BCUT2D eigenvalue weighted by Gasteiger charge is -2.25. The fraction of sp³-hybridized carbons (Fsp3) is 0.240. The van der Waals surface area contributed by atoms with Gasteiger partial charge < -0.3 is 9.32 Å². The van der Waals surface area contributed by atoms with E-state index in [2.05, 4.69) is 86.3 Å². The summed E-state index contributed by atoms with van der Waals surface area (Å²) in [6.07, 6.45) is 2.15. The molecule has 0 aliphatic carbocycles. The number of anilines is 3. The molecule has 3 aromatic carbocycles. The summed E-state index contributed by atoms with van der Waals surface area (Å²) in [5, 5.41) is 0. The first kappa shape index (κ1) is 18.3. The molecule has 0 aliphatic rings. The Morgan fingerprint density at radius 3 is 2.00 bits per heavy atom. The van der Waals surface area contributed by atoms with E-state index in [1.54, 1.807) is 0 Å². The number of rotatable bonds is 6. The van der Waals surface area contributed by atoms with Crippen LogP contribution in [-0.2, 0) is 5.41 Å². The first-order chi connectivity index (χ1) is 13.6. The van der Waals surface area contributed by atoms with Gasteiger partial charge in [0.05, 0.1) is 0 Å².